The Balaban J connectivity index is 1.71. The third kappa shape index (κ3) is 2.83. The van der Waals surface area contributed by atoms with E-state index in [9.17, 15) is 13.2 Å². The Morgan fingerprint density at radius 3 is 2.90 bits per heavy atom. The van der Waals surface area contributed by atoms with Crippen LogP contribution in [0.3, 0.4) is 0 Å². The molecular weight excluding hydrogens is 294 g/mol. The average Bonchev–Trinajstić information content (AvgIpc) is 3.04. The maximum absolute atomic E-state index is 12.3. The number of benzene rings is 1. The van der Waals surface area contributed by atoms with Crippen molar-refractivity contribution >= 4 is 15.7 Å². The van der Waals surface area contributed by atoms with Crippen LogP contribution in [0.1, 0.15) is 12.0 Å². The van der Waals surface area contributed by atoms with E-state index in [4.69, 9.17) is 9.47 Å². The second-order valence-electron chi connectivity index (χ2n) is 5.39. The minimum atomic E-state index is -2.99. The summed E-state index contributed by atoms with van der Waals surface area (Å²) in [4.78, 5) is 13.9. The number of fused-ring (bicyclic) bond motifs is 1. The van der Waals surface area contributed by atoms with E-state index in [1.54, 1.807) is 18.0 Å². The van der Waals surface area contributed by atoms with Gasteiger partial charge in [-0.15, -0.1) is 0 Å². The Kier molecular flexibility index (Phi) is 3.52. The third-order valence-corrected chi connectivity index (χ3v) is 5.72. The second kappa shape index (κ2) is 5.22. The van der Waals surface area contributed by atoms with Crippen LogP contribution in [-0.2, 0) is 21.1 Å². The lowest BCUT2D eigenvalue weighted by atomic mass is 10.1. The van der Waals surface area contributed by atoms with Crippen molar-refractivity contribution in [3.8, 4) is 11.5 Å². The van der Waals surface area contributed by atoms with E-state index >= 15 is 0 Å². The van der Waals surface area contributed by atoms with Gasteiger partial charge in [0.15, 0.2) is 21.3 Å². The van der Waals surface area contributed by atoms with Gasteiger partial charge < -0.3 is 14.4 Å². The van der Waals surface area contributed by atoms with E-state index in [1.807, 2.05) is 12.1 Å². The summed E-state index contributed by atoms with van der Waals surface area (Å²) in [6.07, 6.45) is 0.691. The molecule has 1 aromatic rings. The first kappa shape index (κ1) is 14.2. The highest BCUT2D eigenvalue weighted by molar-refractivity contribution is 7.91. The highest BCUT2D eigenvalue weighted by Gasteiger charge is 2.33. The van der Waals surface area contributed by atoms with Gasteiger partial charge in [-0.1, -0.05) is 12.1 Å². The number of hydrogen-bond acceptors (Lipinski definition) is 5. The van der Waals surface area contributed by atoms with Crippen LogP contribution >= 0.6 is 0 Å². The maximum Gasteiger partial charge on any atom is 0.231 e. The first-order valence-electron chi connectivity index (χ1n) is 6.80. The number of carbonyl (C=O) groups excluding carboxylic acids is 1. The van der Waals surface area contributed by atoms with Gasteiger partial charge in [-0.05, 0) is 12.5 Å². The normalized spacial score (nSPS) is 22.2. The molecule has 114 valence electrons. The molecule has 1 aromatic carbocycles. The highest BCUT2D eigenvalue weighted by Crippen LogP contribution is 2.35. The molecule has 3 rings (SSSR count). The zero-order valence-corrected chi connectivity index (χ0v) is 12.6. The molecule has 1 atom stereocenters. The largest absolute Gasteiger partial charge is 0.454 e. The Morgan fingerprint density at radius 2 is 2.19 bits per heavy atom. The number of hydrogen-bond donors (Lipinski definition) is 0. The molecule has 1 unspecified atom stereocenters. The summed E-state index contributed by atoms with van der Waals surface area (Å²) in [5, 5.41) is 0. The van der Waals surface area contributed by atoms with Crippen LogP contribution in [0.2, 0.25) is 0 Å². The maximum atomic E-state index is 12.3. The summed E-state index contributed by atoms with van der Waals surface area (Å²) >= 11 is 0. The molecule has 1 saturated heterocycles. The lowest BCUT2D eigenvalue weighted by molar-refractivity contribution is -0.130. The number of nitrogens with zero attached hydrogens (tertiary/aromatic N) is 1. The molecule has 1 fully saturated rings. The van der Waals surface area contributed by atoms with Gasteiger partial charge in [0.05, 0.1) is 17.9 Å². The summed E-state index contributed by atoms with van der Waals surface area (Å²) in [7, 11) is -1.33. The number of rotatable bonds is 3. The van der Waals surface area contributed by atoms with Crippen LogP contribution in [0.15, 0.2) is 18.2 Å². The zero-order chi connectivity index (χ0) is 15.0. The molecule has 6 nitrogen and oxygen atoms in total. The number of carbonyl (C=O) groups is 1. The molecule has 2 heterocycles. The fourth-order valence-electron chi connectivity index (χ4n) is 2.70. The molecule has 0 aromatic heterocycles. The molecule has 2 aliphatic rings. The average molecular weight is 311 g/mol. The Morgan fingerprint density at radius 1 is 1.38 bits per heavy atom. The fourth-order valence-corrected chi connectivity index (χ4v) is 4.48. The van der Waals surface area contributed by atoms with Crippen molar-refractivity contribution in [2.75, 3.05) is 25.3 Å². The summed E-state index contributed by atoms with van der Waals surface area (Å²) in [5.74, 6) is 1.36. The van der Waals surface area contributed by atoms with Gasteiger partial charge in [-0.2, -0.15) is 0 Å². The number of sulfone groups is 1. The van der Waals surface area contributed by atoms with Crippen molar-refractivity contribution in [3.05, 3.63) is 23.8 Å². The first-order chi connectivity index (χ1) is 9.96. The van der Waals surface area contributed by atoms with Crippen molar-refractivity contribution in [2.45, 2.75) is 18.9 Å². The van der Waals surface area contributed by atoms with Crippen molar-refractivity contribution in [2.24, 2.45) is 0 Å². The minimum Gasteiger partial charge on any atom is -0.454 e. The van der Waals surface area contributed by atoms with Gasteiger partial charge in [0, 0.05) is 18.7 Å². The second-order valence-corrected chi connectivity index (χ2v) is 7.62. The molecule has 21 heavy (non-hydrogen) atoms. The third-order valence-electron chi connectivity index (χ3n) is 3.97. The van der Waals surface area contributed by atoms with Crippen molar-refractivity contribution in [1.82, 2.24) is 4.90 Å². The van der Waals surface area contributed by atoms with Crippen molar-refractivity contribution in [1.29, 1.82) is 0 Å². The molecule has 0 bridgehead atoms. The summed E-state index contributed by atoms with van der Waals surface area (Å²) in [6, 6.07) is 5.21. The number of ether oxygens (including phenoxy) is 2. The standard InChI is InChI=1S/C14H17NO5S/c1-15(11-5-6-21(17,18)8-11)13(16)7-10-3-2-4-12-14(10)20-9-19-12/h2-4,11H,5-9H2,1H3. The van der Waals surface area contributed by atoms with Crippen LogP contribution in [-0.4, -0.2) is 50.6 Å². The van der Waals surface area contributed by atoms with Gasteiger partial charge in [-0.25, -0.2) is 8.42 Å². The van der Waals surface area contributed by atoms with Crippen LogP contribution in [0, 0.1) is 0 Å². The number of para-hydroxylation sites is 1. The van der Waals surface area contributed by atoms with Gasteiger partial charge in [-0.3, -0.25) is 4.79 Å². The summed E-state index contributed by atoms with van der Waals surface area (Å²) in [6.45, 7) is 0.164. The monoisotopic (exact) mass is 311 g/mol. The topological polar surface area (TPSA) is 72.9 Å². The summed E-state index contributed by atoms with van der Waals surface area (Å²) < 4.78 is 33.7. The molecular formula is C14H17NO5S. The lowest BCUT2D eigenvalue weighted by Crippen LogP contribution is -2.38. The SMILES string of the molecule is CN(C(=O)Cc1cccc2c1OCO2)C1CCS(=O)(=O)C1. The Hall–Kier alpha value is -1.76. The van der Waals surface area contributed by atoms with E-state index in [0.29, 0.717) is 17.9 Å². The molecule has 1 amide bonds. The molecule has 0 saturated carbocycles. The first-order valence-corrected chi connectivity index (χ1v) is 8.62. The number of likely N-dealkylation sites (N-methyl/N-ethyl adjacent to an activating group) is 1. The zero-order valence-electron chi connectivity index (χ0n) is 11.7. The van der Waals surface area contributed by atoms with E-state index in [0.717, 1.165) is 5.56 Å². The molecule has 0 N–H and O–H groups in total. The van der Waals surface area contributed by atoms with Crippen LogP contribution in [0.25, 0.3) is 0 Å². The fraction of sp³-hybridized carbons (Fsp3) is 0.500. The smallest absolute Gasteiger partial charge is 0.231 e. The predicted octanol–water partition coefficient (Wildman–Crippen LogP) is 0.603. The van der Waals surface area contributed by atoms with Gasteiger partial charge in [0.2, 0.25) is 12.7 Å². The van der Waals surface area contributed by atoms with E-state index in [2.05, 4.69) is 0 Å². The highest BCUT2D eigenvalue weighted by atomic mass is 32.2. The van der Waals surface area contributed by atoms with Crippen LogP contribution in [0.5, 0.6) is 11.5 Å². The molecule has 0 spiro atoms. The molecule has 0 aliphatic carbocycles. The van der Waals surface area contributed by atoms with Crippen LogP contribution in [0.4, 0.5) is 0 Å². The van der Waals surface area contributed by atoms with Crippen LogP contribution < -0.4 is 9.47 Å². The number of amides is 1. The quantitative estimate of drug-likeness (QED) is 0.817. The van der Waals surface area contributed by atoms with Gasteiger partial charge in [0.1, 0.15) is 0 Å². The van der Waals surface area contributed by atoms with E-state index < -0.39 is 9.84 Å². The molecule has 7 heteroatoms. The van der Waals surface area contributed by atoms with Gasteiger partial charge >= 0.3 is 0 Å². The van der Waals surface area contributed by atoms with Gasteiger partial charge in [0.25, 0.3) is 0 Å². The Labute approximate surface area is 123 Å². The van der Waals surface area contributed by atoms with Crippen molar-refractivity contribution < 1.29 is 22.7 Å². The lowest BCUT2D eigenvalue weighted by Gasteiger charge is -2.23. The predicted molar refractivity (Wildman–Crippen MR) is 76.1 cm³/mol. The van der Waals surface area contributed by atoms with E-state index in [1.165, 1.54) is 0 Å². The van der Waals surface area contributed by atoms with E-state index in [-0.39, 0.29) is 36.7 Å². The summed E-state index contributed by atoms with van der Waals surface area (Å²) in [5.41, 5.74) is 0.766. The Bertz CT molecular complexity index is 670. The van der Waals surface area contributed by atoms with Crippen molar-refractivity contribution in [3.63, 3.8) is 0 Å². The minimum absolute atomic E-state index is 0.0573. The molecule has 2 aliphatic heterocycles. The molecule has 0 radical (unpaired) electrons.